The second-order valence-electron chi connectivity index (χ2n) is 5.21. The average Bonchev–Trinajstić information content (AvgIpc) is 2.54. The summed E-state index contributed by atoms with van der Waals surface area (Å²) in [5.74, 6) is -0.763. The van der Waals surface area contributed by atoms with E-state index in [1.165, 1.54) is 6.07 Å². The molecule has 23 heavy (non-hydrogen) atoms. The summed E-state index contributed by atoms with van der Waals surface area (Å²) in [5.41, 5.74) is 1.27. The first-order chi connectivity index (χ1) is 11.1. The van der Waals surface area contributed by atoms with Gasteiger partial charge in [0.1, 0.15) is 12.4 Å². The number of fused-ring (bicyclic) bond motifs is 1. The molecule has 0 atom stereocenters. The highest BCUT2D eigenvalue weighted by Gasteiger charge is 2.10. The molecule has 0 aliphatic rings. The van der Waals surface area contributed by atoms with Gasteiger partial charge in [0.2, 0.25) is 0 Å². The van der Waals surface area contributed by atoms with Gasteiger partial charge in [0, 0.05) is 10.0 Å². The zero-order chi connectivity index (χ0) is 16.2. The zero-order valence-electron chi connectivity index (χ0n) is 12.3. The van der Waals surface area contributed by atoms with Crippen LogP contribution in [0.4, 0.5) is 4.39 Å². The van der Waals surface area contributed by atoms with Crippen LogP contribution in [-0.4, -0.2) is 5.97 Å². The Balaban J connectivity index is 1.69. The standard InChI is InChI=1S/C19H14BrFO2/c20-16-9-8-15(18(21)11-16)12-23-19(22)10-14-6-3-5-13-4-1-2-7-17(13)14/h1-9,11H,10,12H2. The molecule has 3 rings (SSSR count). The van der Waals surface area contributed by atoms with Gasteiger partial charge in [-0.15, -0.1) is 0 Å². The van der Waals surface area contributed by atoms with Crippen LogP contribution in [0.2, 0.25) is 0 Å². The lowest BCUT2D eigenvalue weighted by Gasteiger charge is -2.08. The van der Waals surface area contributed by atoms with Crippen molar-refractivity contribution >= 4 is 32.7 Å². The molecule has 0 heterocycles. The fourth-order valence-corrected chi connectivity index (χ4v) is 2.78. The van der Waals surface area contributed by atoms with Crippen LogP contribution in [0.25, 0.3) is 10.8 Å². The molecule has 0 unspecified atom stereocenters. The summed E-state index contributed by atoms with van der Waals surface area (Å²) in [5, 5.41) is 2.11. The molecule has 0 aliphatic heterocycles. The normalized spacial score (nSPS) is 10.7. The summed E-state index contributed by atoms with van der Waals surface area (Å²) >= 11 is 3.20. The van der Waals surface area contributed by atoms with Crippen LogP contribution in [-0.2, 0) is 22.6 Å². The van der Waals surface area contributed by atoms with E-state index in [0.717, 1.165) is 16.3 Å². The van der Waals surface area contributed by atoms with E-state index < -0.39 is 5.82 Å². The minimum atomic E-state index is -0.391. The molecule has 0 bridgehead atoms. The van der Waals surface area contributed by atoms with Crippen LogP contribution in [0.15, 0.2) is 65.1 Å². The van der Waals surface area contributed by atoms with Crippen molar-refractivity contribution in [3.63, 3.8) is 0 Å². The maximum Gasteiger partial charge on any atom is 0.310 e. The number of carbonyl (C=O) groups excluding carboxylic acids is 1. The average molecular weight is 373 g/mol. The van der Waals surface area contributed by atoms with Crippen LogP contribution in [0, 0.1) is 5.82 Å². The molecule has 3 aromatic rings. The van der Waals surface area contributed by atoms with Crippen LogP contribution in [0.1, 0.15) is 11.1 Å². The van der Waals surface area contributed by atoms with E-state index in [1.807, 2.05) is 42.5 Å². The Morgan fingerprint density at radius 3 is 2.61 bits per heavy atom. The van der Waals surface area contributed by atoms with Crippen LogP contribution < -0.4 is 0 Å². The Morgan fingerprint density at radius 1 is 1.00 bits per heavy atom. The first kappa shape index (κ1) is 15.7. The lowest BCUT2D eigenvalue weighted by Crippen LogP contribution is -2.09. The molecular formula is C19H14BrFO2. The monoisotopic (exact) mass is 372 g/mol. The molecule has 0 saturated heterocycles. The van der Waals surface area contributed by atoms with E-state index in [9.17, 15) is 9.18 Å². The van der Waals surface area contributed by atoms with E-state index in [4.69, 9.17) is 4.74 Å². The third-order valence-electron chi connectivity index (χ3n) is 3.62. The molecule has 0 radical (unpaired) electrons. The minimum Gasteiger partial charge on any atom is -0.460 e. The van der Waals surface area contributed by atoms with Crippen molar-refractivity contribution in [2.45, 2.75) is 13.0 Å². The molecule has 0 fully saturated rings. The highest BCUT2D eigenvalue weighted by molar-refractivity contribution is 9.10. The van der Waals surface area contributed by atoms with Crippen molar-refractivity contribution in [2.75, 3.05) is 0 Å². The van der Waals surface area contributed by atoms with Crippen molar-refractivity contribution in [1.82, 2.24) is 0 Å². The first-order valence-corrected chi connectivity index (χ1v) is 7.99. The van der Waals surface area contributed by atoms with Gasteiger partial charge in [-0.3, -0.25) is 4.79 Å². The number of carbonyl (C=O) groups is 1. The van der Waals surface area contributed by atoms with Gasteiger partial charge in [0.05, 0.1) is 6.42 Å². The number of hydrogen-bond donors (Lipinski definition) is 0. The number of hydrogen-bond acceptors (Lipinski definition) is 2. The first-order valence-electron chi connectivity index (χ1n) is 7.19. The van der Waals surface area contributed by atoms with Crippen molar-refractivity contribution in [3.8, 4) is 0 Å². The van der Waals surface area contributed by atoms with E-state index in [-0.39, 0.29) is 19.0 Å². The summed E-state index contributed by atoms with van der Waals surface area (Å²) in [6.45, 7) is -0.0668. The van der Waals surface area contributed by atoms with Crippen molar-refractivity contribution in [3.05, 3.63) is 82.1 Å². The SMILES string of the molecule is O=C(Cc1cccc2ccccc12)OCc1ccc(Br)cc1F. The van der Waals surface area contributed by atoms with Gasteiger partial charge in [-0.25, -0.2) is 4.39 Å². The molecule has 0 aliphatic carbocycles. The molecule has 0 saturated carbocycles. The molecule has 116 valence electrons. The van der Waals surface area contributed by atoms with E-state index in [0.29, 0.717) is 10.0 Å². The minimum absolute atomic E-state index is 0.0668. The summed E-state index contributed by atoms with van der Waals surface area (Å²) in [7, 11) is 0. The number of esters is 1. The molecule has 0 amide bonds. The van der Waals surface area contributed by atoms with Gasteiger partial charge >= 0.3 is 5.97 Å². The molecule has 0 spiro atoms. The molecule has 0 N–H and O–H groups in total. The summed E-state index contributed by atoms with van der Waals surface area (Å²) < 4.78 is 19.6. The van der Waals surface area contributed by atoms with Crippen molar-refractivity contribution in [1.29, 1.82) is 0 Å². The fraction of sp³-hybridized carbons (Fsp3) is 0.105. The highest BCUT2D eigenvalue weighted by atomic mass is 79.9. The molecular weight excluding hydrogens is 359 g/mol. The third-order valence-corrected chi connectivity index (χ3v) is 4.11. The van der Waals surface area contributed by atoms with Crippen LogP contribution in [0.3, 0.4) is 0 Å². The topological polar surface area (TPSA) is 26.3 Å². The summed E-state index contributed by atoms with van der Waals surface area (Å²) in [6.07, 6.45) is 0.166. The number of rotatable bonds is 4. The number of benzene rings is 3. The van der Waals surface area contributed by atoms with Crippen molar-refractivity contribution < 1.29 is 13.9 Å². The quantitative estimate of drug-likeness (QED) is 0.600. The Labute approximate surface area is 142 Å². The number of ether oxygens (including phenoxy) is 1. The molecule has 0 aromatic heterocycles. The number of halogens is 2. The predicted octanol–water partition coefficient (Wildman–Crippen LogP) is 5.03. The lowest BCUT2D eigenvalue weighted by molar-refractivity contribution is -0.144. The van der Waals surface area contributed by atoms with E-state index in [1.54, 1.807) is 12.1 Å². The summed E-state index contributed by atoms with van der Waals surface area (Å²) in [4.78, 5) is 12.1. The molecule has 4 heteroatoms. The smallest absolute Gasteiger partial charge is 0.310 e. The Kier molecular flexibility index (Phi) is 4.72. The van der Waals surface area contributed by atoms with Crippen LogP contribution >= 0.6 is 15.9 Å². The highest BCUT2D eigenvalue weighted by Crippen LogP contribution is 2.20. The largest absolute Gasteiger partial charge is 0.460 e. The molecule has 2 nitrogen and oxygen atoms in total. The van der Waals surface area contributed by atoms with Gasteiger partial charge in [-0.1, -0.05) is 64.5 Å². The van der Waals surface area contributed by atoms with E-state index >= 15 is 0 Å². The van der Waals surface area contributed by atoms with Crippen LogP contribution in [0.5, 0.6) is 0 Å². The Morgan fingerprint density at radius 2 is 1.78 bits per heavy atom. The fourth-order valence-electron chi connectivity index (χ4n) is 2.45. The molecule has 3 aromatic carbocycles. The summed E-state index contributed by atoms with van der Waals surface area (Å²) in [6, 6.07) is 18.4. The second kappa shape index (κ2) is 6.92. The van der Waals surface area contributed by atoms with Gasteiger partial charge in [0.15, 0.2) is 0 Å². The third kappa shape index (κ3) is 3.77. The predicted molar refractivity (Wildman–Crippen MR) is 91.5 cm³/mol. The lowest BCUT2D eigenvalue weighted by atomic mass is 10.0. The van der Waals surface area contributed by atoms with Gasteiger partial charge in [-0.05, 0) is 28.5 Å². The van der Waals surface area contributed by atoms with Gasteiger partial charge < -0.3 is 4.74 Å². The maximum atomic E-state index is 13.7. The van der Waals surface area contributed by atoms with E-state index in [2.05, 4.69) is 15.9 Å². The Hall–Kier alpha value is -2.20. The second-order valence-corrected chi connectivity index (χ2v) is 6.13. The zero-order valence-corrected chi connectivity index (χ0v) is 13.8. The Bertz CT molecular complexity index is 856. The van der Waals surface area contributed by atoms with Gasteiger partial charge in [-0.2, -0.15) is 0 Å². The van der Waals surface area contributed by atoms with Gasteiger partial charge in [0.25, 0.3) is 0 Å². The van der Waals surface area contributed by atoms with Crippen molar-refractivity contribution in [2.24, 2.45) is 0 Å². The maximum absolute atomic E-state index is 13.7.